The van der Waals surface area contributed by atoms with Gasteiger partial charge in [0.1, 0.15) is 0 Å². The summed E-state index contributed by atoms with van der Waals surface area (Å²) in [5, 5.41) is 25.0. The Morgan fingerprint density at radius 3 is 2.26 bits per heavy atom. The first kappa shape index (κ1) is 42.1. The minimum atomic E-state index is -0.830. The third-order valence-electron chi connectivity index (χ3n) is 11.9. The Kier molecular flexibility index (Phi) is 12.5. The largest absolute Gasteiger partial charge is 0.515 e. The highest BCUT2D eigenvalue weighted by Gasteiger charge is 2.44. The van der Waals surface area contributed by atoms with E-state index in [9.17, 15) is 24.6 Å². The SMILES string of the molecule is CC(C)=CCC/C(C)=C/CC/C(C)=C/C(=O)OC(=O)CC[C@@H]1C2=C3CC(=O)C4=C(C)C(=CC5=C(C)/C(=C\O)C(=N5)C=C5N=C(C(C)=C5C(C)O)C(C)=C(N2)[C@H]1C)N=C34. The molecule has 3 N–H and O–H groups in total. The summed E-state index contributed by atoms with van der Waals surface area (Å²) < 4.78 is 5.30. The van der Waals surface area contributed by atoms with Gasteiger partial charge >= 0.3 is 11.9 Å². The average Bonchev–Trinajstić information content (AvgIpc) is 3.91. The number of carbonyl (C=O) groups is 3. The number of ether oxygens (including phenoxy) is 1. The molecule has 0 aromatic heterocycles. The monoisotopic (exact) mass is 784 g/mol. The molecule has 3 atom stereocenters. The van der Waals surface area contributed by atoms with Gasteiger partial charge in [-0.3, -0.25) is 9.59 Å². The van der Waals surface area contributed by atoms with Crippen LogP contribution >= 0.6 is 0 Å². The number of Topliss-reactive ketones (excluding diaryl/α,β-unsaturated/α-hetero) is 1. The van der Waals surface area contributed by atoms with Gasteiger partial charge < -0.3 is 20.3 Å². The van der Waals surface area contributed by atoms with Crippen LogP contribution < -0.4 is 5.32 Å². The van der Waals surface area contributed by atoms with Crippen LogP contribution in [-0.2, 0) is 19.1 Å². The first-order chi connectivity index (χ1) is 27.5. The van der Waals surface area contributed by atoms with Crippen molar-refractivity contribution in [1.82, 2.24) is 5.32 Å². The van der Waals surface area contributed by atoms with E-state index < -0.39 is 18.0 Å². The number of allylic oxidation sites excluding steroid dienone is 16. The molecule has 58 heavy (non-hydrogen) atoms. The van der Waals surface area contributed by atoms with E-state index in [1.807, 2.05) is 40.7 Å². The average molecular weight is 785 g/mol. The number of aliphatic hydroxyl groups excluding tert-OH is 2. The van der Waals surface area contributed by atoms with Gasteiger partial charge in [-0.1, -0.05) is 35.8 Å². The van der Waals surface area contributed by atoms with Gasteiger partial charge in [0.25, 0.3) is 0 Å². The number of nitrogens with zero attached hydrogens (tertiary/aromatic N) is 3. The zero-order valence-corrected chi connectivity index (χ0v) is 35.5. The van der Waals surface area contributed by atoms with Gasteiger partial charge in [0.2, 0.25) is 0 Å². The van der Waals surface area contributed by atoms with Crippen molar-refractivity contribution >= 4 is 34.9 Å². The normalized spacial score (nSPS) is 23.1. The maximum Gasteiger partial charge on any atom is 0.338 e. The van der Waals surface area contributed by atoms with Crippen LogP contribution in [0, 0.1) is 11.8 Å². The van der Waals surface area contributed by atoms with Gasteiger partial charge in [0.05, 0.1) is 46.6 Å². The molecule has 1 saturated carbocycles. The number of aliphatic imine (C=N–C) groups is 3. The molecule has 0 amide bonds. The van der Waals surface area contributed by atoms with Crippen molar-refractivity contribution in [3.8, 4) is 0 Å². The molecule has 1 saturated heterocycles. The van der Waals surface area contributed by atoms with Crippen LogP contribution in [0.3, 0.4) is 0 Å². The van der Waals surface area contributed by atoms with E-state index in [0.29, 0.717) is 63.8 Å². The molecule has 0 radical (unpaired) electrons. The highest BCUT2D eigenvalue weighted by Crippen LogP contribution is 2.46. The van der Waals surface area contributed by atoms with Gasteiger partial charge in [-0.05, 0) is 129 Å². The summed E-state index contributed by atoms with van der Waals surface area (Å²) in [6.07, 6.45) is 13.7. The van der Waals surface area contributed by atoms with E-state index in [4.69, 9.17) is 19.7 Å². The smallest absolute Gasteiger partial charge is 0.338 e. The lowest BCUT2D eigenvalue weighted by molar-refractivity contribution is -0.156. The Balaban J connectivity index is 1.31. The van der Waals surface area contributed by atoms with E-state index in [2.05, 4.69) is 45.2 Å². The third kappa shape index (κ3) is 8.39. The minimum absolute atomic E-state index is 0.00741. The molecule has 6 aliphatic rings. The molecule has 0 aromatic carbocycles. The lowest BCUT2D eigenvalue weighted by atomic mass is 9.85. The standard InChI is InChI=1S/C48H56N4O6/c1-24(2)13-11-14-25(3)15-12-16-26(4)19-42(57)58-41(56)18-17-33-28(6)45-31(9)46-30(8)43(32(10)54)39(51-46)22-38-35(23-53)27(5)36(49-38)21-37-29(7)44-40(55)20-34(47(33)52-45)48(44)50-37/h13,15,19,21-23,28,32-33,52-54H,11-12,14,16-18,20H2,1-10H3/b25-15+,26-19+,35-23+,37-21?,39-22?,45-31?,47-34?/t28-,32?,33-/m0/s1. The molecule has 8 bridgehead atoms. The number of rotatable bonds is 11. The van der Waals surface area contributed by atoms with Gasteiger partial charge in [0.15, 0.2) is 5.78 Å². The van der Waals surface area contributed by atoms with Crippen molar-refractivity contribution in [3.63, 3.8) is 0 Å². The number of carbonyl (C=O) groups excluding carboxylic acids is 3. The summed E-state index contributed by atoms with van der Waals surface area (Å²) >= 11 is 0. The number of esters is 2. The number of aliphatic hydroxyl groups is 2. The van der Waals surface area contributed by atoms with Crippen molar-refractivity contribution < 1.29 is 29.3 Å². The van der Waals surface area contributed by atoms with Crippen molar-refractivity contribution in [3.05, 3.63) is 126 Å². The maximum absolute atomic E-state index is 13.7. The predicted molar refractivity (Wildman–Crippen MR) is 230 cm³/mol. The molecule has 6 rings (SSSR count). The van der Waals surface area contributed by atoms with Crippen LogP contribution in [0.4, 0.5) is 0 Å². The summed E-state index contributed by atoms with van der Waals surface area (Å²) in [4.78, 5) is 54.7. The highest BCUT2D eigenvalue weighted by atomic mass is 16.6. The quantitative estimate of drug-likeness (QED) is 0.0621. The first-order valence-corrected chi connectivity index (χ1v) is 20.3. The third-order valence-corrected chi connectivity index (χ3v) is 11.9. The molecular formula is C48H56N4O6. The number of hydrogen-bond acceptors (Lipinski definition) is 10. The summed E-state index contributed by atoms with van der Waals surface area (Å²) in [5.74, 6) is -1.68. The van der Waals surface area contributed by atoms with Crippen molar-refractivity contribution in [2.24, 2.45) is 26.8 Å². The summed E-state index contributed by atoms with van der Waals surface area (Å²) in [5.41, 5.74) is 14.5. The Hall–Kier alpha value is -5.48. The lowest BCUT2D eigenvalue weighted by Crippen LogP contribution is -2.17. The molecule has 1 aliphatic carbocycles. The summed E-state index contributed by atoms with van der Waals surface area (Å²) in [7, 11) is 0. The lowest BCUT2D eigenvalue weighted by Gasteiger charge is -2.17. The van der Waals surface area contributed by atoms with E-state index >= 15 is 0 Å². The number of fused-ring (bicyclic) bond motifs is 5. The second-order valence-electron chi connectivity index (χ2n) is 16.5. The van der Waals surface area contributed by atoms with Crippen LogP contribution in [0.15, 0.2) is 141 Å². The molecule has 0 aromatic rings. The van der Waals surface area contributed by atoms with Crippen LogP contribution in [0.25, 0.3) is 0 Å². The summed E-state index contributed by atoms with van der Waals surface area (Å²) in [6, 6.07) is 0. The van der Waals surface area contributed by atoms with Crippen LogP contribution in [0.2, 0.25) is 0 Å². The Morgan fingerprint density at radius 2 is 1.57 bits per heavy atom. The van der Waals surface area contributed by atoms with Gasteiger partial charge in [-0.25, -0.2) is 19.8 Å². The molecule has 10 nitrogen and oxygen atoms in total. The summed E-state index contributed by atoms with van der Waals surface area (Å²) in [6.45, 7) is 19.7. The molecule has 2 fully saturated rings. The fourth-order valence-corrected chi connectivity index (χ4v) is 8.72. The van der Waals surface area contributed by atoms with Crippen molar-refractivity contribution in [1.29, 1.82) is 0 Å². The molecule has 5 heterocycles. The predicted octanol–water partition coefficient (Wildman–Crippen LogP) is 9.49. The molecule has 1 unspecified atom stereocenters. The molecule has 10 heteroatoms. The van der Waals surface area contributed by atoms with Gasteiger partial charge in [-0.2, -0.15) is 0 Å². The highest BCUT2D eigenvalue weighted by molar-refractivity contribution is 6.38. The Bertz CT molecular complexity index is 2330. The van der Waals surface area contributed by atoms with Gasteiger partial charge in [0, 0.05) is 64.4 Å². The fourth-order valence-electron chi connectivity index (χ4n) is 8.72. The minimum Gasteiger partial charge on any atom is -0.515 e. The van der Waals surface area contributed by atoms with Crippen LogP contribution in [0.1, 0.15) is 114 Å². The van der Waals surface area contributed by atoms with Crippen LogP contribution in [-0.4, -0.2) is 51.2 Å². The zero-order valence-electron chi connectivity index (χ0n) is 35.5. The van der Waals surface area contributed by atoms with E-state index in [0.717, 1.165) is 70.4 Å². The molecule has 5 aliphatic heterocycles. The molecular weight excluding hydrogens is 729 g/mol. The van der Waals surface area contributed by atoms with E-state index in [1.54, 1.807) is 13.0 Å². The first-order valence-electron chi connectivity index (χ1n) is 20.3. The fraction of sp³-hybridized carbons (Fsp3) is 0.417. The van der Waals surface area contributed by atoms with Crippen molar-refractivity contribution in [2.45, 2.75) is 120 Å². The van der Waals surface area contributed by atoms with Crippen LogP contribution in [0.5, 0.6) is 0 Å². The second kappa shape index (κ2) is 17.2. The number of ketones is 1. The zero-order chi connectivity index (χ0) is 42.2. The number of nitrogens with one attached hydrogen (secondary N) is 1. The topological polar surface area (TPSA) is 150 Å². The molecule has 0 spiro atoms. The maximum atomic E-state index is 13.7. The Morgan fingerprint density at radius 1 is 0.879 bits per heavy atom. The van der Waals surface area contributed by atoms with E-state index in [-0.39, 0.29) is 30.5 Å². The number of hydrogen-bond donors (Lipinski definition) is 3. The van der Waals surface area contributed by atoms with Crippen molar-refractivity contribution in [2.75, 3.05) is 0 Å². The molecule has 304 valence electrons. The van der Waals surface area contributed by atoms with E-state index in [1.165, 1.54) is 17.2 Å². The van der Waals surface area contributed by atoms with Gasteiger partial charge in [-0.15, -0.1) is 0 Å². The second-order valence-corrected chi connectivity index (χ2v) is 16.5. The Labute approximate surface area is 342 Å².